The summed E-state index contributed by atoms with van der Waals surface area (Å²) >= 11 is 0. The van der Waals surface area contributed by atoms with E-state index < -0.39 is 10.8 Å². The van der Waals surface area contributed by atoms with E-state index in [0.29, 0.717) is 5.69 Å². The van der Waals surface area contributed by atoms with Crippen LogP contribution in [0.25, 0.3) is 0 Å². The number of nitro benzene ring substituents is 1. The largest absolute Gasteiger partial charge is 0.512 e. The molecule has 2 aromatic rings. The molecule has 0 aliphatic carbocycles. The van der Waals surface area contributed by atoms with Crippen LogP contribution in [-0.4, -0.2) is 22.2 Å². The van der Waals surface area contributed by atoms with Crippen molar-refractivity contribution >= 4 is 29.2 Å². The van der Waals surface area contributed by atoms with Gasteiger partial charge in [-0.25, -0.2) is 0 Å². The number of nitro groups is 1. The third-order valence-electron chi connectivity index (χ3n) is 3.05. The highest BCUT2D eigenvalue weighted by molar-refractivity contribution is 6.18. The Morgan fingerprint density at radius 1 is 1.21 bits per heavy atom. The maximum atomic E-state index is 12.3. The molecule has 0 spiro atoms. The number of hydrogen-bond donors (Lipinski definition) is 2. The molecular weight excluding hydrogens is 310 g/mol. The number of aliphatic hydroxyl groups is 1. The number of allylic oxidation sites excluding steroid dienone is 1. The van der Waals surface area contributed by atoms with E-state index in [-0.39, 0.29) is 22.7 Å². The number of carbonyl (C=O) groups is 1. The minimum atomic E-state index is -0.616. The fraction of sp³-hybridized carbons (Fsp3) is 0.0588. The van der Waals surface area contributed by atoms with Crippen molar-refractivity contribution in [3.63, 3.8) is 0 Å². The zero-order valence-corrected chi connectivity index (χ0v) is 12.8. The molecule has 0 unspecified atom stereocenters. The van der Waals surface area contributed by atoms with Gasteiger partial charge in [-0.15, -0.1) is 0 Å². The van der Waals surface area contributed by atoms with Crippen LogP contribution in [0.15, 0.2) is 70.9 Å². The van der Waals surface area contributed by atoms with E-state index in [0.717, 1.165) is 0 Å². The maximum absolute atomic E-state index is 12.3. The molecule has 0 heterocycles. The van der Waals surface area contributed by atoms with Gasteiger partial charge in [0.25, 0.3) is 11.6 Å². The van der Waals surface area contributed by atoms with Crippen LogP contribution < -0.4 is 5.32 Å². The van der Waals surface area contributed by atoms with Crippen LogP contribution in [-0.2, 0) is 4.79 Å². The number of anilines is 1. The standard InChI is InChI=1S/C17H15N3O4/c1-12(21)16(11-18-13-6-3-2-4-7-13)17(22)19-14-8-5-9-15(10-14)20(23)24/h2-11,21H,1H3,(H,19,22)/b16-12+,18-11?. The molecule has 1 amide bonds. The first-order valence-corrected chi connectivity index (χ1v) is 7.02. The number of carbonyl (C=O) groups excluding carboxylic acids is 1. The average molecular weight is 325 g/mol. The van der Waals surface area contributed by atoms with Crippen LogP contribution in [0.1, 0.15) is 6.92 Å². The Labute approximate surface area is 138 Å². The molecule has 2 aromatic carbocycles. The molecule has 7 nitrogen and oxygen atoms in total. The van der Waals surface area contributed by atoms with Gasteiger partial charge in [-0.1, -0.05) is 24.3 Å². The van der Waals surface area contributed by atoms with Gasteiger partial charge in [0, 0.05) is 24.0 Å². The summed E-state index contributed by atoms with van der Waals surface area (Å²) in [6, 6.07) is 14.5. The SMILES string of the molecule is C/C(O)=C(/C=Nc1ccccc1)C(=O)Nc1cccc([N+](=O)[O-])c1. The van der Waals surface area contributed by atoms with Gasteiger partial charge in [-0.05, 0) is 25.1 Å². The number of nitrogens with zero attached hydrogens (tertiary/aromatic N) is 2. The summed E-state index contributed by atoms with van der Waals surface area (Å²) in [7, 11) is 0. The van der Waals surface area contributed by atoms with Gasteiger partial charge in [0.2, 0.25) is 0 Å². The normalized spacial score (nSPS) is 11.9. The molecule has 0 aromatic heterocycles. The Morgan fingerprint density at radius 3 is 2.54 bits per heavy atom. The number of para-hydroxylation sites is 1. The molecule has 122 valence electrons. The van der Waals surface area contributed by atoms with Crippen molar-refractivity contribution in [3.05, 3.63) is 76.0 Å². The van der Waals surface area contributed by atoms with E-state index >= 15 is 0 Å². The Morgan fingerprint density at radius 2 is 1.92 bits per heavy atom. The number of aliphatic imine (C=N–C) groups is 1. The highest BCUT2D eigenvalue weighted by Crippen LogP contribution is 2.18. The molecule has 2 N–H and O–H groups in total. The lowest BCUT2D eigenvalue weighted by Gasteiger charge is -2.06. The van der Waals surface area contributed by atoms with Crippen LogP contribution in [0.5, 0.6) is 0 Å². The molecule has 0 bridgehead atoms. The summed E-state index contributed by atoms with van der Waals surface area (Å²) in [5, 5.41) is 23.0. The number of rotatable bonds is 5. The number of hydrogen-bond acceptors (Lipinski definition) is 5. The zero-order chi connectivity index (χ0) is 17.5. The Balaban J connectivity index is 2.19. The molecule has 0 radical (unpaired) electrons. The third kappa shape index (κ3) is 4.51. The van der Waals surface area contributed by atoms with Gasteiger partial charge in [0.15, 0.2) is 0 Å². The quantitative estimate of drug-likeness (QED) is 0.287. The molecule has 24 heavy (non-hydrogen) atoms. The fourth-order valence-corrected chi connectivity index (χ4v) is 1.87. The number of aliphatic hydroxyl groups excluding tert-OH is 1. The van der Waals surface area contributed by atoms with Crippen molar-refractivity contribution in [1.29, 1.82) is 0 Å². The summed E-state index contributed by atoms with van der Waals surface area (Å²) in [5.41, 5.74) is 0.697. The van der Waals surface area contributed by atoms with Crippen molar-refractivity contribution in [3.8, 4) is 0 Å². The van der Waals surface area contributed by atoms with Crippen LogP contribution in [0, 0.1) is 10.1 Å². The van der Waals surface area contributed by atoms with Gasteiger partial charge in [0.05, 0.1) is 16.2 Å². The summed E-state index contributed by atoms with van der Waals surface area (Å²) in [4.78, 5) is 26.6. The maximum Gasteiger partial charge on any atom is 0.271 e. The fourth-order valence-electron chi connectivity index (χ4n) is 1.87. The van der Waals surface area contributed by atoms with Crippen LogP contribution in [0.3, 0.4) is 0 Å². The third-order valence-corrected chi connectivity index (χ3v) is 3.05. The van der Waals surface area contributed by atoms with Gasteiger partial charge < -0.3 is 10.4 Å². The first-order chi connectivity index (χ1) is 11.5. The predicted molar refractivity (Wildman–Crippen MR) is 91.6 cm³/mol. The highest BCUT2D eigenvalue weighted by Gasteiger charge is 2.13. The van der Waals surface area contributed by atoms with Crippen molar-refractivity contribution in [1.82, 2.24) is 0 Å². The summed E-state index contributed by atoms with van der Waals surface area (Å²) in [6.07, 6.45) is 1.25. The molecule has 0 fully saturated rings. The Kier molecular flexibility index (Phi) is 5.40. The molecule has 0 saturated heterocycles. The minimum absolute atomic E-state index is 0.0367. The predicted octanol–water partition coefficient (Wildman–Crippen LogP) is 3.77. The minimum Gasteiger partial charge on any atom is -0.512 e. The second-order valence-corrected chi connectivity index (χ2v) is 4.85. The van der Waals surface area contributed by atoms with Crippen molar-refractivity contribution in [2.75, 3.05) is 5.32 Å². The summed E-state index contributed by atoms with van der Waals surface area (Å²) in [5.74, 6) is -0.826. The van der Waals surface area contributed by atoms with Crippen LogP contribution in [0.4, 0.5) is 17.1 Å². The van der Waals surface area contributed by atoms with Crippen LogP contribution >= 0.6 is 0 Å². The van der Waals surface area contributed by atoms with E-state index in [1.807, 2.05) is 6.07 Å². The molecule has 7 heteroatoms. The van der Waals surface area contributed by atoms with Crippen molar-refractivity contribution < 1.29 is 14.8 Å². The van der Waals surface area contributed by atoms with Crippen molar-refractivity contribution in [2.24, 2.45) is 4.99 Å². The monoisotopic (exact) mass is 325 g/mol. The number of amides is 1. The number of benzene rings is 2. The molecule has 0 aliphatic rings. The zero-order valence-electron chi connectivity index (χ0n) is 12.8. The molecule has 0 saturated carbocycles. The topological polar surface area (TPSA) is 105 Å². The lowest BCUT2D eigenvalue weighted by molar-refractivity contribution is -0.384. The van der Waals surface area contributed by atoms with E-state index in [4.69, 9.17) is 0 Å². The number of non-ortho nitro benzene ring substituents is 1. The van der Waals surface area contributed by atoms with Gasteiger partial charge in [-0.3, -0.25) is 19.9 Å². The Hall–Kier alpha value is -3.48. The molecule has 0 aliphatic heterocycles. The van der Waals surface area contributed by atoms with Gasteiger partial charge in [0.1, 0.15) is 5.76 Å². The summed E-state index contributed by atoms with van der Waals surface area (Å²) in [6.45, 7) is 1.36. The van der Waals surface area contributed by atoms with Crippen molar-refractivity contribution in [2.45, 2.75) is 6.92 Å². The van der Waals surface area contributed by atoms with Gasteiger partial charge >= 0.3 is 0 Å². The summed E-state index contributed by atoms with van der Waals surface area (Å²) < 4.78 is 0. The second-order valence-electron chi connectivity index (χ2n) is 4.85. The lowest BCUT2D eigenvalue weighted by Crippen LogP contribution is -2.17. The van der Waals surface area contributed by atoms with E-state index in [1.165, 1.54) is 37.4 Å². The van der Waals surface area contributed by atoms with E-state index in [2.05, 4.69) is 10.3 Å². The molecule has 0 atom stereocenters. The smallest absolute Gasteiger partial charge is 0.271 e. The average Bonchev–Trinajstić information content (AvgIpc) is 2.56. The first kappa shape index (κ1) is 16.9. The second kappa shape index (κ2) is 7.68. The van der Waals surface area contributed by atoms with E-state index in [1.54, 1.807) is 24.3 Å². The van der Waals surface area contributed by atoms with E-state index in [9.17, 15) is 20.0 Å². The number of nitrogens with one attached hydrogen (secondary N) is 1. The Bertz CT molecular complexity index is 810. The molecular formula is C17H15N3O4. The first-order valence-electron chi connectivity index (χ1n) is 7.02. The highest BCUT2D eigenvalue weighted by atomic mass is 16.6. The van der Waals surface area contributed by atoms with Crippen LogP contribution in [0.2, 0.25) is 0 Å². The van der Waals surface area contributed by atoms with Gasteiger partial charge in [-0.2, -0.15) is 0 Å². The molecule has 2 rings (SSSR count). The lowest BCUT2D eigenvalue weighted by atomic mass is 10.2.